The number of thioether (sulfide) groups is 1. The number of aryl methyl sites for hydroxylation is 2. The maximum Gasteiger partial charge on any atom is 0.256 e. The van der Waals surface area contributed by atoms with E-state index in [1.54, 1.807) is 0 Å². The molecule has 5 nitrogen and oxygen atoms in total. The molecule has 1 aromatic rings. The molecule has 0 radical (unpaired) electrons. The fourth-order valence-electron chi connectivity index (χ4n) is 1.18. The number of aromatic nitrogens is 1. The van der Waals surface area contributed by atoms with Crippen molar-refractivity contribution >= 4 is 17.6 Å². The molecule has 1 rings (SSSR count). The van der Waals surface area contributed by atoms with E-state index >= 15 is 0 Å². The van der Waals surface area contributed by atoms with E-state index in [0.717, 1.165) is 17.9 Å². The third-order valence-electron chi connectivity index (χ3n) is 2.30. The Bertz CT molecular complexity index is 357. The van der Waals surface area contributed by atoms with Crippen LogP contribution in [0, 0.1) is 13.8 Å². The molecule has 90 valence electrons. The fourth-order valence-corrected chi connectivity index (χ4v) is 2.25. The highest BCUT2D eigenvalue weighted by molar-refractivity contribution is 7.99. The third kappa shape index (κ3) is 3.44. The summed E-state index contributed by atoms with van der Waals surface area (Å²) >= 11 is 1.52. The molecule has 1 aromatic heterocycles. The summed E-state index contributed by atoms with van der Waals surface area (Å²) < 4.78 is 5.47. The number of oxazole rings is 1. The SMILES string of the molecule is CCC(CC(N)=NO)Sc1nc(C)c(C)o1. The van der Waals surface area contributed by atoms with Gasteiger partial charge in [0.1, 0.15) is 11.6 Å². The summed E-state index contributed by atoms with van der Waals surface area (Å²) in [5.41, 5.74) is 6.38. The normalized spacial score (nSPS) is 14.1. The average Bonchev–Trinajstić information content (AvgIpc) is 2.56. The molecule has 0 bridgehead atoms. The van der Waals surface area contributed by atoms with Crippen LogP contribution in [-0.2, 0) is 0 Å². The molecule has 0 aliphatic rings. The van der Waals surface area contributed by atoms with E-state index in [2.05, 4.69) is 10.1 Å². The van der Waals surface area contributed by atoms with Crippen LogP contribution in [0.4, 0.5) is 0 Å². The molecule has 0 saturated heterocycles. The quantitative estimate of drug-likeness (QED) is 0.272. The summed E-state index contributed by atoms with van der Waals surface area (Å²) in [6, 6.07) is 0. The first-order valence-corrected chi connectivity index (χ1v) is 6.01. The fraction of sp³-hybridized carbons (Fsp3) is 0.600. The van der Waals surface area contributed by atoms with Gasteiger partial charge in [-0.2, -0.15) is 0 Å². The lowest BCUT2D eigenvalue weighted by Crippen LogP contribution is -2.18. The van der Waals surface area contributed by atoms with Crippen molar-refractivity contribution in [3.63, 3.8) is 0 Å². The number of nitrogens with zero attached hydrogens (tertiary/aromatic N) is 2. The molecule has 1 heterocycles. The minimum Gasteiger partial charge on any atom is -0.437 e. The number of rotatable bonds is 5. The molecule has 0 saturated carbocycles. The minimum atomic E-state index is 0.216. The highest BCUT2D eigenvalue weighted by atomic mass is 32.2. The third-order valence-corrected chi connectivity index (χ3v) is 3.51. The number of hydrogen-bond donors (Lipinski definition) is 2. The van der Waals surface area contributed by atoms with Gasteiger partial charge in [0, 0.05) is 11.7 Å². The highest BCUT2D eigenvalue weighted by Crippen LogP contribution is 2.28. The number of oxime groups is 1. The maximum absolute atomic E-state index is 8.51. The van der Waals surface area contributed by atoms with Crippen molar-refractivity contribution in [2.45, 2.75) is 44.1 Å². The van der Waals surface area contributed by atoms with Gasteiger partial charge in [0.15, 0.2) is 0 Å². The summed E-state index contributed by atoms with van der Waals surface area (Å²) in [5.74, 6) is 1.07. The van der Waals surface area contributed by atoms with E-state index in [4.69, 9.17) is 15.4 Å². The van der Waals surface area contributed by atoms with Crippen LogP contribution in [0.15, 0.2) is 14.8 Å². The van der Waals surface area contributed by atoms with Crippen LogP contribution in [0.25, 0.3) is 0 Å². The summed E-state index contributed by atoms with van der Waals surface area (Å²) in [5, 5.41) is 12.3. The largest absolute Gasteiger partial charge is 0.437 e. The predicted octanol–water partition coefficient (Wildman–Crippen LogP) is 2.30. The predicted molar refractivity (Wildman–Crippen MR) is 63.9 cm³/mol. The van der Waals surface area contributed by atoms with Gasteiger partial charge in [-0.05, 0) is 20.3 Å². The molecule has 0 aliphatic carbocycles. The molecule has 1 unspecified atom stereocenters. The zero-order valence-corrected chi connectivity index (χ0v) is 10.5. The second kappa shape index (κ2) is 5.79. The monoisotopic (exact) mass is 243 g/mol. The molecule has 16 heavy (non-hydrogen) atoms. The second-order valence-corrected chi connectivity index (χ2v) is 4.82. The van der Waals surface area contributed by atoms with Crippen LogP contribution in [0.1, 0.15) is 31.2 Å². The van der Waals surface area contributed by atoms with Gasteiger partial charge in [-0.1, -0.05) is 23.8 Å². The van der Waals surface area contributed by atoms with Crippen LogP contribution >= 0.6 is 11.8 Å². The van der Waals surface area contributed by atoms with Gasteiger partial charge in [-0.3, -0.25) is 0 Å². The van der Waals surface area contributed by atoms with Crippen molar-refractivity contribution < 1.29 is 9.62 Å². The Hall–Kier alpha value is -1.17. The van der Waals surface area contributed by atoms with Crippen LogP contribution < -0.4 is 5.73 Å². The zero-order chi connectivity index (χ0) is 12.1. The maximum atomic E-state index is 8.51. The second-order valence-electron chi connectivity index (χ2n) is 3.56. The zero-order valence-electron chi connectivity index (χ0n) is 9.73. The number of amidine groups is 1. The van der Waals surface area contributed by atoms with E-state index < -0.39 is 0 Å². The lowest BCUT2D eigenvalue weighted by atomic mass is 10.2. The Morgan fingerprint density at radius 3 is 2.75 bits per heavy atom. The molecular weight excluding hydrogens is 226 g/mol. The van der Waals surface area contributed by atoms with Crippen molar-refractivity contribution in [2.24, 2.45) is 10.9 Å². The van der Waals surface area contributed by atoms with E-state index in [9.17, 15) is 0 Å². The molecule has 6 heteroatoms. The molecule has 1 atom stereocenters. The first-order valence-electron chi connectivity index (χ1n) is 5.13. The van der Waals surface area contributed by atoms with Crippen LogP contribution in [-0.4, -0.2) is 21.3 Å². The van der Waals surface area contributed by atoms with Crippen molar-refractivity contribution in [1.29, 1.82) is 0 Å². The van der Waals surface area contributed by atoms with Crippen LogP contribution in [0.2, 0.25) is 0 Å². The Kier molecular flexibility index (Phi) is 4.67. The highest BCUT2D eigenvalue weighted by Gasteiger charge is 2.15. The minimum absolute atomic E-state index is 0.216. The molecule has 0 spiro atoms. The van der Waals surface area contributed by atoms with Crippen LogP contribution in [0.3, 0.4) is 0 Å². The first kappa shape index (κ1) is 12.9. The van der Waals surface area contributed by atoms with Gasteiger partial charge < -0.3 is 15.4 Å². The van der Waals surface area contributed by atoms with E-state index in [0.29, 0.717) is 11.6 Å². The number of nitrogens with two attached hydrogens (primary N) is 1. The van der Waals surface area contributed by atoms with E-state index in [-0.39, 0.29) is 11.1 Å². The first-order chi connectivity index (χ1) is 7.56. The van der Waals surface area contributed by atoms with Gasteiger partial charge in [0.05, 0.1) is 5.69 Å². The molecule has 0 amide bonds. The van der Waals surface area contributed by atoms with Crippen LogP contribution in [0.5, 0.6) is 0 Å². The Labute approximate surface area is 99.1 Å². The Balaban J connectivity index is 2.63. The molecule has 0 fully saturated rings. The smallest absolute Gasteiger partial charge is 0.256 e. The summed E-state index contributed by atoms with van der Waals surface area (Å²) in [7, 11) is 0. The van der Waals surface area contributed by atoms with Crippen molar-refractivity contribution in [3.05, 3.63) is 11.5 Å². The van der Waals surface area contributed by atoms with Crippen molar-refractivity contribution in [1.82, 2.24) is 4.98 Å². The molecule has 3 N–H and O–H groups in total. The van der Waals surface area contributed by atoms with Gasteiger partial charge in [0.2, 0.25) is 0 Å². The van der Waals surface area contributed by atoms with E-state index in [1.807, 2.05) is 20.8 Å². The number of hydrogen-bond acceptors (Lipinski definition) is 5. The lowest BCUT2D eigenvalue weighted by Gasteiger charge is -2.10. The molecule has 0 aromatic carbocycles. The summed E-state index contributed by atoms with van der Waals surface area (Å²) in [4.78, 5) is 4.28. The van der Waals surface area contributed by atoms with Gasteiger partial charge >= 0.3 is 0 Å². The Morgan fingerprint density at radius 1 is 1.62 bits per heavy atom. The summed E-state index contributed by atoms with van der Waals surface area (Å²) in [6.07, 6.45) is 1.43. The molecular formula is C10H17N3O2S. The standard InChI is InChI=1S/C10H17N3O2S/c1-4-8(5-9(11)13-14)16-10-12-6(2)7(3)15-10/h8,14H,4-5H2,1-3H3,(H2,11,13). The lowest BCUT2D eigenvalue weighted by molar-refractivity contribution is 0.316. The van der Waals surface area contributed by atoms with Crippen molar-refractivity contribution in [3.8, 4) is 0 Å². The van der Waals surface area contributed by atoms with Gasteiger partial charge in [-0.15, -0.1) is 0 Å². The molecule has 0 aliphatic heterocycles. The van der Waals surface area contributed by atoms with Gasteiger partial charge in [-0.25, -0.2) is 4.98 Å². The topological polar surface area (TPSA) is 84.6 Å². The van der Waals surface area contributed by atoms with Gasteiger partial charge in [0.25, 0.3) is 5.22 Å². The summed E-state index contributed by atoms with van der Waals surface area (Å²) in [6.45, 7) is 5.84. The van der Waals surface area contributed by atoms with E-state index in [1.165, 1.54) is 11.8 Å². The average molecular weight is 243 g/mol. The Morgan fingerprint density at radius 2 is 2.31 bits per heavy atom. The van der Waals surface area contributed by atoms with Crippen molar-refractivity contribution in [2.75, 3.05) is 0 Å².